The summed E-state index contributed by atoms with van der Waals surface area (Å²) in [6.45, 7) is 5.30. The first-order valence-electron chi connectivity index (χ1n) is 7.52. The lowest BCUT2D eigenvalue weighted by Gasteiger charge is -2.18. The Hall–Kier alpha value is -2.13. The minimum atomic E-state index is 0.186. The highest BCUT2D eigenvalue weighted by Crippen LogP contribution is 2.26. The summed E-state index contributed by atoms with van der Waals surface area (Å²) in [5, 5.41) is 8.11. The Kier molecular flexibility index (Phi) is 4.02. The fourth-order valence-electron chi connectivity index (χ4n) is 2.63. The fraction of sp³-hybridized carbons (Fsp3) is 0.278. The average molecular weight is 279 g/mol. The zero-order chi connectivity index (χ0) is 14.7. The first-order valence-corrected chi connectivity index (χ1v) is 7.52. The molecule has 0 saturated heterocycles. The molecule has 21 heavy (non-hydrogen) atoms. The van der Waals surface area contributed by atoms with E-state index in [1.807, 2.05) is 23.0 Å². The van der Waals surface area contributed by atoms with Crippen LogP contribution in [0.3, 0.4) is 0 Å². The van der Waals surface area contributed by atoms with E-state index in [2.05, 4.69) is 60.7 Å². The normalized spacial score (nSPS) is 12.7. The first-order chi connectivity index (χ1) is 10.3. The van der Waals surface area contributed by atoms with Crippen molar-refractivity contribution < 1.29 is 0 Å². The Morgan fingerprint density at radius 2 is 1.95 bits per heavy atom. The lowest BCUT2D eigenvalue weighted by Crippen LogP contribution is -2.23. The predicted molar refractivity (Wildman–Crippen MR) is 86.5 cm³/mol. The van der Waals surface area contributed by atoms with Crippen LogP contribution < -0.4 is 5.32 Å². The van der Waals surface area contributed by atoms with Gasteiger partial charge in [-0.15, -0.1) is 0 Å². The number of fused-ring (bicyclic) bond motifs is 1. The third-order valence-corrected chi connectivity index (χ3v) is 3.78. The molecule has 0 radical (unpaired) electrons. The van der Waals surface area contributed by atoms with Crippen molar-refractivity contribution in [2.24, 2.45) is 0 Å². The summed E-state index contributed by atoms with van der Waals surface area (Å²) in [5.74, 6) is 0. The third kappa shape index (κ3) is 2.83. The van der Waals surface area contributed by atoms with Gasteiger partial charge in [-0.05, 0) is 37.6 Å². The van der Waals surface area contributed by atoms with Gasteiger partial charge in [-0.1, -0.05) is 42.8 Å². The molecule has 1 atom stereocenters. The van der Waals surface area contributed by atoms with Crippen molar-refractivity contribution in [3.63, 3.8) is 0 Å². The van der Waals surface area contributed by atoms with Crippen molar-refractivity contribution in [1.29, 1.82) is 0 Å². The zero-order valence-electron chi connectivity index (χ0n) is 12.6. The van der Waals surface area contributed by atoms with Crippen LogP contribution in [-0.4, -0.2) is 16.2 Å². The van der Waals surface area contributed by atoms with Gasteiger partial charge in [-0.25, -0.2) is 4.52 Å². The lowest BCUT2D eigenvalue weighted by atomic mass is 9.98. The van der Waals surface area contributed by atoms with Crippen LogP contribution in [-0.2, 0) is 0 Å². The molecule has 0 fully saturated rings. The van der Waals surface area contributed by atoms with Gasteiger partial charge in [0.25, 0.3) is 0 Å². The first kappa shape index (κ1) is 13.8. The molecule has 3 rings (SSSR count). The Labute approximate surface area is 125 Å². The van der Waals surface area contributed by atoms with E-state index in [0.717, 1.165) is 18.5 Å². The number of aryl methyl sites for hydroxylation is 1. The average Bonchev–Trinajstić information content (AvgIpc) is 2.93. The van der Waals surface area contributed by atoms with E-state index in [0.29, 0.717) is 0 Å². The lowest BCUT2D eigenvalue weighted by molar-refractivity contribution is 0.601. The Bertz CT molecular complexity index is 713. The molecule has 0 aliphatic rings. The third-order valence-electron chi connectivity index (χ3n) is 3.78. The second-order valence-corrected chi connectivity index (χ2v) is 5.43. The molecule has 3 heteroatoms. The van der Waals surface area contributed by atoms with Crippen LogP contribution in [0.25, 0.3) is 5.52 Å². The van der Waals surface area contributed by atoms with Crippen molar-refractivity contribution in [3.8, 4) is 0 Å². The summed E-state index contributed by atoms with van der Waals surface area (Å²) in [6.07, 6.45) is 5.08. The highest BCUT2D eigenvalue weighted by Gasteiger charge is 2.17. The molecule has 0 aliphatic carbocycles. The molecule has 1 N–H and O–H groups in total. The number of nitrogens with one attached hydrogen (secondary N) is 1. The second kappa shape index (κ2) is 6.10. The molecule has 1 aromatic carbocycles. The number of pyridine rings is 1. The Balaban J connectivity index is 2.04. The molecule has 108 valence electrons. The van der Waals surface area contributed by atoms with E-state index >= 15 is 0 Å². The standard InChI is InChI=1S/C18H21N3/c1-3-11-19-18(15-9-7-14(2)8-10-15)16-13-20-21-12-5-4-6-17(16)21/h4-10,12-13,18-19H,3,11H2,1-2H3. The molecule has 0 spiro atoms. The maximum Gasteiger partial charge on any atom is 0.0712 e. The molecule has 2 aromatic heterocycles. The summed E-state index contributed by atoms with van der Waals surface area (Å²) in [4.78, 5) is 0. The molecule has 3 aromatic rings. The predicted octanol–water partition coefficient (Wildman–Crippen LogP) is 3.73. The Morgan fingerprint density at radius 1 is 1.14 bits per heavy atom. The summed E-state index contributed by atoms with van der Waals surface area (Å²) >= 11 is 0. The minimum absolute atomic E-state index is 0.186. The quantitative estimate of drug-likeness (QED) is 0.771. The summed E-state index contributed by atoms with van der Waals surface area (Å²) in [7, 11) is 0. The largest absolute Gasteiger partial charge is 0.306 e. The van der Waals surface area contributed by atoms with E-state index in [1.165, 1.54) is 16.7 Å². The van der Waals surface area contributed by atoms with Crippen molar-refractivity contribution in [2.75, 3.05) is 6.54 Å². The molecule has 1 unspecified atom stereocenters. The molecule has 0 aliphatic heterocycles. The minimum Gasteiger partial charge on any atom is -0.306 e. The zero-order valence-corrected chi connectivity index (χ0v) is 12.6. The molecular formula is C18H21N3. The van der Waals surface area contributed by atoms with Gasteiger partial charge in [0, 0.05) is 11.8 Å². The number of benzene rings is 1. The van der Waals surface area contributed by atoms with Crippen LogP contribution in [0.15, 0.2) is 54.9 Å². The molecule has 2 heterocycles. The smallest absolute Gasteiger partial charge is 0.0712 e. The van der Waals surface area contributed by atoms with Crippen LogP contribution in [0.4, 0.5) is 0 Å². The van der Waals surface area contributed by atoms with Gasteiger partial charge in [0.15, 0.2) is 0 Å². The van der Waals surface area contributed by atoms with Crippen molar-refractivity contribution in [3.05, 3.63) is 71.5 Å². The maximum absolute atomic E-state index is 4.47. The monoisotopic (exact) mass is 279 g/mol. The number of rotatable bonds is 5. The molecule has 0 bridgehead atoms. The van der Waals surface area contributed by atoms with Crippen LogP contribution in [0.2, 0.25) is 0 Å². The van der Waals surface area contributed by atoms with Crippen molar-refractivity contribution in [2.45, 2.75) is 26.3 Å². The van der Waals surface area contributed by atoms with Gasteiger partial charge >= 0.3 is 0 Å². The van der Waals surface area contributed by atoms with Gasteiger partial charge in [0.2, 0.25) is 0 Å². The molecular weight excluding hydrogens is 258 g/mol. The van der Waals surface area contributed by atoms with Crippen LogP contribution in [0.1, 0.15) is 36.1 Å². The van der Waals surface area contributed by atoms with Gasteiger partial charge in [0.1, 0.15) is 0 Å². The number of nitrogens with zero attached hydrogens (tertiary/aromatic N) is 2. The number of hydrogen-bond donors (Lipinski definition) is 1. The Morgan fingerprint density at radius 3 is 2.71 bits per heavy atom. The number of hydrogen-bond acceptors (Lipinski definition) is 2. The van der Waals surface area contributed by atoms with E-state index < -0.39 is 0 Å². The van der Waals surface area contributed by atoms with Crippen LogP contribution in [0.5, 0.6) is 0 Å². The van der Waals surface area contributed by atoms with Crippen LogP contribution >= 0.6 is 0 Å². The molecule has 3 nitrogen and oxygen atoms in total. The SMILES string of the molecule is CCCNC(c1ccc(C)cc1)c1cnn2ccccc12. The van der Waals surface area contributed by atoms with Gasteiger partial charge in [-0.2, -0.15) is 5.10 Å². The van der Waals surface area contributed by atoms with Gasteiger partial charge in [0.05, 0.1) is 17.8 Å². The van der Waals surface area contributed by atoms with E-state index in [-0.39, 0.29) is 6.04 Å². The summed E-state index contributed by atoms with van der Waals surface area (Å²) < 4.78 is 1.93. The van der Waals surface area contributed by atoms with Gasteiger partial charge in [-0.3, -0.25) is 0 Å². The van der Waals surface area contributed by atoms with Crippen LogP contribution in [0, 0.1) is 6.92 Å². The molecule has 0 amide bonds. The van der Waals surface area contributed by atoms with E-state index in [1.54, 1.807) is 0 Å². The van der Waals surface area contributed by atoms with E-state index in [4.69, 9.17) is 0 Å². The second-order valence-electron chi connectivity index (χ2n) is 5.43. The molecule has 0 saturated carbocycles. The fourth-order valence-corrected chi connectivity index (χ4v) is 2.63. The van der Waals surface area contributed by atoms with Gasteiger partial charge < -0.3 is 5.32 Å². The summed E-state index contributed by atoms with van der Waals surface area (Å²) in [5.41, 5.74) is 4.96. The van der Waals surface area contributed by atoms with Crippen molar-refractivity contribution >= 4 is 5.52 Å². The summed E-state index contributed by atoms with van der Waals surface area (Å²) in [6, 6.07) is 15.1. The highest BCUT2D eigenvalue weighted by molar-refractivity contribution is 5.57. The van der Waals surface area contributed by atoms with Crippen molar-refractivity contribution in [1.82, 2.24) is 14.9 Å². The highest BCUT2D eigenvalue weighted by atomic mass is 15.2. The van der Waals surface area contributed by atoms with E-state index in [9.17, 15) is 0 Å². The number of aromatic nitrogens is 2. The maximum atomic E-state index is 4.47. The topological polar surface area (TPSA) is 29.3 Å².